The van der Waals surface area contributed by atoms with Gasteiger partial charge in [0.15, 0.2) is 0 Å². The van der Waals surface area contributed by atoms with Gasteiger partial charge in [-0.05, 0) is 0 Å². The number of rotatable bonds is 3. The molecule has 4 heteroatoms. The van der Waals surface area contributed by atoms with E-state index in [2.05, 4.69) is 5.32 Å². The molecule has 0 aromatic heterocycles. The van der Waals surface area contributed by atoms with E-state index in [1.165, 1.54) is 0 Å². The van der Waals surface area contributed by atoms with Crippen LogP contribution in [-0.2, 0) is 9.47 Å². The van der Waals surface area contributed by atoms with Gasteiger partial charge >= 0.3 is 0 Å². The fraction of sp³-hybridized carbons (Fsp3) is 1.00. The number of methoxy groups -OCH3 is 1. The van der Waals surface area contributed by atoms with Crippen molar-refractivity contribution >= 4 is 0 Å². The van der Waals surface area contributed by atoms with E-state index in [9.17, 15) is 5.11 Å². The zero-order valence-electron chi connectivity index (χ0n) is 6.75. The molecule has 1 aliphatic heterocycles. The third-order valence-electron chi connectivity index (χ3n) is 1.75. The summed E-state index contributed by atoms with van der Waals surface area (Å²) in [6.45, 7) is 2.48. The van der Waals surface area contributed by atoms with Crippen molar-refractivity contribution in [2.24, 2.45) is 0 Å². The molecule has 1 heterocycles. The summed E-state index contributed by atoms with van der Waals surface area (Å²) in [5.41, 5.74) is 0. The van der Waals surface area contributed by atoms with Crippen LogP contribution in [0.4, 0.5) is 0 Å². The van der Waals surface area contributed by atoms with Crippen LogP contribution in [-0.4, -0.2) is 50.7 Å². The molecule has 0 aliphatic carbocycles. The Labute approximate surface area is 66.5 Å². The smallest absolute Gasteiger partial charge is 0.0948 e. The lowest BCUT2D eigenvalue weighted by Crippen LogP contribution is -2.50. The van der Waals surface area contributed by atoms with Gasteiger partial charge in [-0.3, -0.25) is 0 Å². The predicted molar refractivity (Wildman–Crippen MR) is 40.5 cm³/mol. The first kappa shape index (κ1) is 8.93. The SMILES string of the molecule is COCC(O)C1COCCN1. The van der Waals surface area contributed by atoms with Crippen molar-refractivity contribution in [1.82, 2.24) is 5.32 Å². The maximum absolute atomic E-state index is 9.41. The van der Waals surface area contributed by atoms with E-state index in [4.69, 9.17) is 9.47 Å². The lowest BCUT2D eigenvalue weighted by atomic mass is 10.1. The van der Waals surface area contributed by atoms with Crippen molar-refractivity contribution in [2.45, 2.75) is 12.1 Å². The largest absolute Gasteiger partial charge is 0.389 e. The van der Waals surface area contributed by atoms with Gasteiger partial charge in [0.25, 0.3) is 0 Å². The van der Waals surface area contributed by atoms with Crippen LogP contribution < -0.4 is 5.32 Å². The van der Waals surface area contributed by atoms with Gasteiger partial charge in [0.2, 0.25) is 0 Å². The van der Waals surface area contributed by atoms with Crippen LogP contribution in [0.5, 0.6) is 0 Å². The Morgan fingerprint density at radius 3 is 3.18 bits per heavy atom. The molecule has 0 bridgehead atoms. The number of aliphatic hydroxyl groups excluding tert-OH is 1. The van der Waals surface area contributed by atoms with Gasteiger partial charge in [-0.2, -0.15) is 0 Å². The van der Waals surface area contributed by atoms with E-state index < -0.39 is 6.10 Å². The molecule has 0 aromatic carbocycles. The molecule has 1 fully saturated rings. The molecular formula is C7H15NO3. The first-order valence-corrected chi connectivity index (χ1v) is 3.82. The molecule has 2 unspecified atom stereocenters. The molecule has 11 heavy (non-hydrogen) atoms. The summed E-state index contributed by atoms with van der Waals surface area (Å²) in [6.07, 6.45) is -0.458. The predicted octanol–water partition coefficient (Wildman–Crippen LogP) is -1.02. The Morgan fingerprint density at radius 1 is 1.82 bits per heavy atom. The summed E-state index contributed by atoms with van der Waals surface area (Å²) in [6, 6.07) is 0.0312. The summed E-state index contributed by atoms with van der Waals surface area (Å²) in [7, 11) is 1.58. The molecule has 1 rings (SSSR count). The van der Waals surface area contributed by atoms with Crippen LogP contribution in [0.2, 0.25) is 0 Å². The Morgan fingerprint density at radius 2 is 2.64 bits per heavy atom. The third kappa shape index (κ3) is 2.75. The van der Waals surface area contributed by atoms with Crippen LogP contribution >= 0.6 is 0 Å². The zero-order chi connectivity index (χ0) is 8.10. The molecule has 66 valence electrons. The monoisotopic (exact) mass is 161 g/mol. The lowest BCUT2D eigenvalue weighted by molar-refractivity contribution is -0.0141. The molecule has 4 nitrogen and oxygen atoms in total. The van der Waals surface area contributed by atoms with Crippen LogP contribution in [0.25, 0.3) is 0 Å². The Balaban J connectivity index is 2.21. The normalized spacial score (nSPS) is 28.4. The van der Waals surface area contributed by atoms with Gasteiger partial charge in [0.05, 0.1) is 32.0 Å². The molecular weight excluding hydrogens is 146 g/mol. The quantitative estimate of drug-likeness (QED) is 0.556. The highest BCUT2D eigenvalue weighted by atomic mass is 16.5. The molecule has 0 radical (unpaired) electrons. The van der Waals surface area contributed by atoms with Crippen molar-refractivity contribution in [2.75, 3.05) is 33.5 Å². The molecule has 2 N–H and O–H groups in total. The molecule has 0 saturated carbocycles. The number of ether oxygens (including phenoxy) is 2. The topological polar surface area (TPSA) is 50.7 Å². The second-order valence-electron chi connectivity index (χ2n) is 2.66. The van der Waals surface area contributed by atoms with E-state index in [0.29, 0.717) is 13.2 Å². The Bertz CT molecular complexity index is 104. The highest BCUT2D eigenvalue weighted by molar-refractivity contribution is 4.77. The van der Waals surface area contributed by atoms with E-state index in [0.717, 1.165) is 13.2 Å². The summed E-state index contributed by atoms with van der Waals surface area (Å²) >= 11 is 0. The molecule has 2 atom stereocenters. The number of morpholine rings is 1. The minimum Gasteiger partial charge on any atom is -0.389 e. The van der Waals surface area contributed by atoms with Crippen molar-refractivity contribution in [1.29, 1.82) is 0 Å². The highest BCUT2D eigenvalue weighted by Crippen LogP contribution is 1.99. The standard InChI is InChI=1S/C7H15NO3/c1-10-5-7(9)6-4-11-3-2-8-6/h6-9H,2-5H2,1H3. The summed E-state index contributed by atoms with van der Waals surface area (Å²) in [5, 5.41) is 12.6. The van der Waals surface area contributed by atoms with Gasteiger partial charge in [-0.1, -0.05) is 0 Å². The number of aliphatic hydroxyl groups is 1. The highest BCUT2D eigenvalue weighted by Gasteiger charge is 2.20. The fourth-order valence-corrected chi connectivity index (χ4v) is 1.12. The van der Waals surface area contributed by atoms with Gasteiger partial charge in [-0.15, -0.1) is 0 Å². The van der Waals surface area contributed by atoms with Crippen LogP contribution in [0.15, 0.2) is 0 Å². The number of nitrogens with one attached hydrogen (secondary N) is 1. The van der Waals surface area contributed by atoms with Crippen molar-refractivity contribution in [3.05, 3.63) is 0 Å². The zero-order valence-corrected chi connectivity index (χ0v) is 6.75. The minimum absolute atomic E-state index is 0.0312. The fourth-order valence-electron chi connectivity index (χ4n) is 1.12. The molecule has 0 aromatic rings. The molecule has 1 aliphatic rings. The van der Waals surface area contributed by atoms with E-state index in [1.807, 2.05) is 0 Å². The number of hydrogen-bond donors (Lipinski definition) is 2. The maximum Gasteiger partial charge on any atom is 0.0948 e. The first-order chi connectivity index (χ1) is 5.34. The van der Waals surface area contributed by atoms with E-state index in [-0.39, 0.29) is 6.04 Å². The first-order valence-electron chi connectivity index (χ1n) is 3.82. The summed E-state index contributed by atoms with van der Waals surface area (Å²) in [5.74, 6) is 0. The van der Waals surface area contributed by atoms with Gasteiger partial charge < -0.3 is 19.9 Å². The average molecular weight is 161 g/mol. The van der Waals surface area contributed by atoms with Crippen LogP contribution in [0.1, 0.15) is 0 Å². The van der Waals surface area contributed by atoms with Crippen molar-refractivity contribution < 1.29 is 14.6 Å². The minimum atomic E-state index is -0.458. The number of hydrogen-bond acceptors (Lipinski definition) is 4. The molecule has 1 saturated heterocycles. The van der Waals surface area contributed by atoms with Crippen molar-refractivity contribution in [3.8, 4) is 0 Å². The van der Waals surface area contributed by atoms with Gasteiger partial charge in [0, 0.05) is 13.7 Å². The molecule has 0 spiro atoms. The van der Waals surface area contributed by atoms with Crippen LogP contribution in [0.3, 0.4) is 0 Å². The van der Waals surface area contributed by atoms with Gasteiger partial charge in [0.1, 0.15) is 0 Å². The van der Waals surface area contributed by atoms with Gasteiger partial charge in [-0.25, -0.2) is 0 Å². The maximum atomic E-state index is 9.41. The lowest BCUT2D eigenvalue weighted by Gasteiger charge is -2.27. The Kier molecular flexibility index (Phi) is 3.79. The van der Waals surface area contributed by atoms with Crippen molar-refractivity contribution in [3.63, 3.8) is 0 Å². The molecule has 0 amide bonds. The average Bonchev–Trinajstić information content (AvgIpc) is 2.07. The van der Waals surface area contributed by atoms with E-state index in [1.54, 1.807) is 7.11 Å². The van der Waals surface area contributed by atoms with Crippen LogP contribution in [0, 0.1) is 0 Å². The Hall–Kier alpha value is -0.160. The van der Waals surface area contributed by atoms with E-state index >= 15 is 0 Å². The second-order valence-corrected chi connectivity index (χ2v) is 2.66. The summed E-state index contributed by atoms with van der Waals surface area (Å²) < 4.78 is 9.98. The second kappa shape index (κ2) is 4.66. The third-order valence-corrected chi connectivity index (χ3v) is 1.75. The summed E-state index contributed by atoms with van der Waals surface area (Å²) in [4.78, 5) is 0.